The van der Waals surface area contributed by atoms with Gasteiger partial charge in [-0.15, -0.1) is 0 Å². The van der Waals surface area contributed by atoms with Gasteiger partial charge in [-0.2, -0.15) is 20.1 Å². The molecule has 0 fully saturated rings. The van der Waals surface area contributed by atoms with Crippen molar-refractivity contribution in [2.75, 3.05) is 13.6 Å². The minimum Gasteiger partial charge on any atom is -0.497 e. The fraction of sp³-hybridized carbons (Fsp3) is 0.292. The fourth-order valence-corrected chi connectivity index (χ4v) is 3.36. The van der Waals surface area contributed by atoms with Gasteiger partial charge in [0.05, 0.1) is 35.8 Å². The van der Waals surface area contributed by atoms with Gasteiger partial charge in [-0.25, -0.2) is 9.67 Å². The molecule has 170 valence electrons. The zero-order valence-electron chi connectivity index (χ0n) is 21.3. The minimum absolute atomic E-state index is 0.169. The van der Waals surface area contributed by atoms with E-state index in [-0.39, 0.29) is 11.7 Å². The van der Waals surface area contributed by atoms with E-state index in [1.165, 1.54) is 0 Å². The fourth-order valence-electron chi connectivity index (χ4n) is 3.36. The number of nitrogens with one attached hydrogen (secondary N) is 1. The lowest BCUT2D eigenvalue weighted by molar-refractivity contribution is 0.0952. The van der Waals surface area contributed by atoms with Crippen molar-refractivity contribution >= 4 is 5.91 Å². The van der Waals surface area contributed by atoms with Crippen LogP contribution in [0.15, 0.2) is 60.9 Å². The van der Waals surface area contributed by atoms with Gasteiger partial charge < -0.3 is 10.1 Å². The Labute approximate surface area is 196 Å². The maximum Gasteiger partial charge on any atom is 0.251 e. The van der Waals surface area contributed by atoms with Crippen molar-refractivity contribution in [1.29, 1.82) is 0 Å². The lowest BCUT2D eigenvalue weighted by Crippen LogP contribution is -2.24. The van der Waals surface area contributed by atoms with Gasteiger partial charge >= 0.3 is 0 Å². The third-order valence-electron chi connectivity index (χ3n) is 5.09. The van der Waals surface area contributed by atoms with E-state index >= 15 is 0 Å². The largest absolute Gasteiger partial charge is 0.497 e. The van der Waals surface area contributed by atoms with Crippen LogP contribution in [0.3, 0.4) is 0 Å². The van der Waals surface area contributed by atoms with Gasteiger partial charge in [0.15, 0.2) is 11.6 Å². The summed E-state index contributed by atoms with van der Waals surface area (Å²) in [6.45, 7) is 3.21. The summed E-state index contributed by atoms with van der Waals surface area (Å²) in [4.78, 5) is 19.0. The molecular formula is C24H27N7O2. The summed E-state index contributed by atoms with van der Waals surface area (Å²) in [5.41, 5.74) is 1.95. The number of aryl methyl sites for hydroxylation is 2. The average Bonchev–Trinajstić information content (AvgIpc) is 3.53. The number of carbonyl (C=O) groups is 1. The third-order valence-corrected chi connectivity index (χ3v) is 5.09. The summed E-state index contributed by atoms with van der Waals surface area (Å²) in [5, 5.41) is 15.7. The van der Waals surface area contributed by atoms with Gasteiger partial charge in [-0.1, -0.05) is 13.0 Å². The molecule has 0 aliphatic carbocycles. The van der Waals surface area contributed by atoms with Crippen molar-refractivity contribution in [3.63, 3.8) is 0 Å². The number of hydrogen-bond donors (Lipinski definition) is 1. The first-order chi connectivity index (χ1) is 17.3. The molecule has 1 amide bonds. The summed E-state index contributed by atoms with van der Waals surface area (Å²) in [7, 11) is -2.52. The van der Waals surface area contributed by atoms with Gasteiger partial charge in [-0.3, -0.25) is 4.79 Å². The Morgan fingerprint density at radius 2 is 1.94 bits per heavy atom. The molecule has 0 saturated carbocycles. The monoisotopic (exact) mass is 448 g/mol. The van der Waals surface area contributed by atoms with Crippen molar-refractivity contribution in [2.24, 2.45) is 0 Å². The maximum atomic E-state index is 12.7. The normalized spacial score (nSPS) is 12.6. The highest BCUT2D eigenvalue weighted by molar-refractivity contribution is 5.94. The molecule has 2 aromatic heterocycles. The predicted molar refractivity (Wildman–Crippen MR) is 124 cm³/mol. The Bertz CT molecular complexity index is 1290. The lowest BCUT2D eigenvalue weighted by Gasteiger charge is -2.09. The first-order valence-corrected chi connectivity index (χ1v) is 10.8. The molecule has 1 N–H and O–H groups in total. The van der Waals surface area contributed by atoms with E-state index in [9.17, 15) is 4.79 Å². The van der Waals surface area contributed by atoms with Gasteiger partial charge in [0.25, 0.3) is 5.91 Å². The predicted octanol–water partition coefficient (Wildman–Crippen LogP) is 3.31. The molecule has 0 unspecified atom stereocenters. The Balaban J connectivity index is 1.47. The van der Waals surface area contributed by atoms with Crippen molar-refractivity contribution in [2.45, 2.75) is 32.7 Å². The first-order valence-electron chi connectivity index (χ1n) is 12.3. The molecule has 4 aromatic rings. The van der Waals surface area contributed by atoms with Crippen LogP contribution in [0, 0.1) is 0 Å². The van der Waals surface area contributed by atoms with Crippen LogP contribution < -0.4 is 10.1 Å². The quantitative estimate of drug-likeness (QED) is 0.374. The topological polar surface area (TPSA) is 99.8 Å². The lowest BCUT2D eigenvalue weighted by atomic mass is 10.1. The molecule has 2 aromatic carbocycles. The summed E-state index contributed by atoms with van der Waals surface area (Å²) in [6.07, 6.45) is 5.58. The number of unbranched alkanes of at least 4 members (excludes halogenated alkanes) is 1. The van der Waals surface area contributed by atoms with Gasteiger partial charge in [0.1, 0.15) is 5.75 Å². The first kappa shape index (κ1) is 18.6. The van der Waals surface area contributed by atoms with E-state index < -0.39 is 7.04 Å². The highest BCUT2D eigenvalue weighted by atomic mass is 16.5. The number of ether oxygens (including phenoxy) is 1. The number of rotatable bonds is 10. The summed E-state index contributed by atoms with van der Waals surface area (Å²) < 4.78 is 28.4. The molecule has 9 heteroatoms. The van der Waals surface area contributed by atoms with Crippen LogP contribution in [0.1, 0.15) is 40.1 Å². The van der Waals surface area contributed by atoms with Crippen molar-refractivity contribution in [3.8, 4) is 22.8 Å². The maximum absolute atomic E-state index is 12.7. The SMILES string of the molecule is [2H]C([2H])([2H])Oc1ccc(-c2nc(CC)nn2-c2cccc(C(=O)NCCCCn3nccn3)c2)cc1. The number of carbonyl (C=O) groups excluding carboxylic acids is 1. The Morgan fingerprint density at radius 3 is 2.70 bits per heavy atom. The van der Waals surface area contributed by atoms with E-state index in [2.05, 4.69) is 25.6 Å². The number of nitrogens with zero attached hydrogens (tertiary/aromatic N) is 6. The van der Waals surface area contributed by atoms with Crippen LogP contribution in [0.4, 0.5) is 0 Å². The zero-order valence-corrected chi connectivity index (χ0v) is 18.3. The van der Waals surface area contributed by atoms with Crippen LogP contribution in [0.25, 0.3) is 17.1 Å². The highest BCUT2D eigenvalue weighted by Gasteiger charge is 2.15. The summed E-state index contributed by atoms with van der Waals surface area (Å²) >= 11 is 0. The van der Waals surface area contributed by atoms with E-state index in [1.807, 2.05) is 13.0 Å². The molecule has 0 spiro atoms. The molecule has 0 saturated heterocycles. The van der Waals surface area contributed by atoms with Crippen LogP contribution in [-0.2, 0) is 13.0 Å². The summed E-state index contributed by atoms with van der Waals surface area (Å²) in [6, 6.07) is 13.8. The molecule has 2 heterocycles. The second-order valence-electron chi connectivity index (χ2n) is 7.38. The highest BCUT2D eigenvalue weighted by Crippen LogP contribution is 2.24. The van der Waals surface area contributed by atoms with Crippen molar-refractivity contribution < 1.29 is 13.6 Å². The Hall–Kier alpha value is -4.01. The zero-order chi connectivity index (χ0) is 25.5. The Kier molecular flexibility index (Phi) is 5.92. The summed E-state index contributed by atoms with van der Waals surface area (Å²) in [5.74, 6) is 1.30. The molecule has 4 rings (SSSR count). The van der Waals surface area contributed by atoms with Gasteiger partial charge in [0.2, 0.25) is 0 Å². The third kappa shape index (κ3) is 5.43. The Morgan fingerprint density at radius 1 is 1.12 bits per heavy atom. The van der Waals surface area contributed by atoms with Gasteiger partial charge in [-0.05, 0) is 55.3 Å². The number of benzene rings is 2. The van der Waals surface area contributed by atoms with E-state index in [0.29, 0.717) is 42.4 Å². The molecule has 9 nitrogen and oxygen atoms in total. The molecule has 0 aliphatic heterocycles. The smallest absolute Gasteiger partial charge is 0.251 e. The van der Waals surface area contributed by atoms with E-state index in [1.54, 1.807) is 64.3 Å². The minimum atomic E-state index is -2.52. The van der Waals surface area contributed by atoms with E-state index in [0.717, 1.165) is 18.4 Å². The van der Waals surface area contributed by atoms with Crippen LogP contribution in [0.2, 0.25) is 0 Å². The standard InChI is InChI=1S/C24H27N7O2/c1-3-22-28-23(18-9-11-21(33-2)12-10-18)31(29-22)20-8-6-7-19(17-20)24(32)25-13-4-5-16-30-26-14-15-27-30/h6-12,14-15,17H,3-5,13,16H2,1-2H3,(H,25,32)/i2D3. The number of aromatic nitrogens is 6. The molecule has 0 aliphatic rings. The molecule has 0 radical (unpaired) electrons. The van der Waals surface area contributed by atoms with Crippen molar-refractivity contribution in [1.82, 2.24) is 35.1 Å². The number of methoxy groups -OCH3 is 1. The van der Waals surface area contributed by atoms with Crippen molar-refractivity contribution in [3.05, 3.63) is 72.3 Å². The molecule has 0 atom stereocenters. The molecule has 0 bridgehead atoms. The van der Waals surface area contributed by atoms with Gasteiger partial charge in [0, 0.05) is 24.1 Å². The number of hydrogen-bond acceptors (Lipinski definition) is 6. The van der Waals surface area contributed by atoms with Crippen LogP contribution in [0.5, 0.6) is 5.75 Å². The average molecular weight is 449 g/mol. The van der Waals surface area contributed by atoms with Crippen LogP contribution >= 0.6 is 0 Å². The van der Waals surface area contributed by atoms with E-state index in [4.69, 9.17) is 8.85 Å². The molecular weight excluding hydrogens is 418 g/mol. The van der Waals surface area contributed by atoms with Crippen LogP contribution in [-0.4, -0.2) is 49.2 Å². The molecule has 33 heavy (non-hydrogen) atoms. The number of amides is 1. The second-order valence-corrected chi connectivity index (χ2v) is 7.38. The second kappa shape index (κ2) is 10.5.